The summed E-state index contributed by atoms with van der Waals surface area (Å²) in [6.45, 7) is 4.85. The van der Waals surface area contributed by atoms with Crippen LogP contribution >= 0.6 is 0 Å². The van der Waals surface area contributed by atoms with Gasteiger partial charge in [0.1, 0.15) is 18.4 Å². The van der Waals surface area contributed by atoms with Gasteiger partial charge in [0, 0.05) is 12.8 Å². The largest absolute Gasteiger partial charge is 0.478 e. The first kappa shape index (κ1) is 16.2. The molecule has 0 spiro atoms. The number of aliphatic carboxylic acids is 1. The lowest BCUT2D eigenvalue weighted by molar-refractivity contribution is -0.703. The molecular formula is C15H24N3O2+. The van der Waals surface area contributed by atoms with Crippen molar-refractivity contribution in [3.8, 4) is 6.07 Å². The van der Waals surface area contributed by atoms with Gasteiger partial charge in [-0.05, 0) is 12.8 Å². The van der Waals surface area contributed by atoms with E-state index in [2.05, 4.69) is 24.5 Å². The fourth-order valence-electron chi connectivity index (χ4n) is 2.41. The molecule has 0 bridgehead atoms. The molecule has 1 aromatic rings. The molecule has 1 N–H and O–H groups in total. The van der Waals surface area contributed by atoms with Crippen LogP contribution in [0.2, 0.25) is 0 Å². The highest BCUT2D eigenvalue weighted by atomic mass is 16.4. The average Bonchev–Trinajstić information content (AvgIpc) is 2.71. The number of aromatic nitrogens is 2. The topological polar surface area (TPSA) is 69.9 Å². The normalized spacial score (nSPS) is 10.4. The molecule has 1 heterocycles. The third kappa shape index (κ3) is 4.37. The lowest BCUT2D eigenvalue weighted by Crippen LogP contribution is -2.37. The van der Waals surface area contributed by atoms with Gasteiger partial charge < -0.3 is 5.11 Å². The van der Waals surface area contributed by atoms with Gasteiger partial charge >= 0.3 is 5.97 Å². The van der Waals surface area contributed by atoms with Crippen LogP contribution in [0.4, 0.5) is 0 Å². The van der Waals surface area contributed by atoms with Crippen molar-refractivity contribution in [2.75, 3.05) is 0 Å². The summed E-state index contributed by atoms with van der Waals surface area (Å²) >= 11 is 0. The molecule has 1 rings (SSSR count). The molecule has 0 aromatic carbocycles. The van der Waals surface area contributed by atoms with Crippen LogP contribution in [0.25, 0.3) is 0 Å². The molecule has 0 saturated carbocycles. The minimum absolute atomic E-state index is 0.00787. The SMILES string of the molecule is CCCCc1n(CC(=O)O)c(CCC)c[n+]1CCC#N. The van der Waals surface area contributed by atoms with E-state index in [1.54, 1.807) is 0 Å². The Morgan fingerprint density at radius 2 is 2.15 bits per heavy atom. The van der Waals surface area contributed by atoms with Gasteiger partial charge in [0.15, 0.2) is 6.54 Å². The number of imidazole rings is 1. The van der Waals surface area contributed by atoms with Crippen LogP contribution in [0.3, 0.4) is 0 Å². The number of rotatable bonds is 9. The van der Waals surface area contributed by atoms with Crippen molar-refractivity contribution in [1.82, 2.24) is 4.57 Å². The highest BCUT2D eigenvalue weighted by Crippen LogP contribution is 2.10. The fourth-order valence-corrected chi connectivity index (χ4v) is 2.41. The molecule has 0 saturated heterocycles. The zero-order valence-electron chi connectivity index (χ0n) is 12.4. The lowest BCUT2D eigenvalue weighted by Gasteiger charge is -2.03. The van der Waals surface area contributed by atoms with Crippen molar-refractivity contribution in [3.05, 3.63) is 17.7 Å². The van der Waals surface area contributed by atoms with E-state index in [9.17, 15) is 4.79 Å². The molecule has 0 unspecified atom stereocenters. The van der Waals surface area contributed by atoms with Gasteiger partial charge in [0.25, 0.3) is 5.82 Å². The van der Waals surface area contributed by atoms with Crippen molar-refractivity contribution >= 4 is 5.97 Å². The van der Waals surface area contributed by atoms with E-state index < -0.39 is 5.97 Å². The number of hydrogen-bond acceptors (Lipinski definition) is 2. The Bertz CT molecular complexity index is 486. The van der Waals surface area contributed by atoms with Gasteiger partial charge in [0.05, 0.1) is 12.5 Å². The van der Waals surface area contributed by atoms with Crippen LogP contribution in [0.5, 0.6) is 0 Å². The summed E-state index contributed by atoms with van der Waals surface area (Å²) in [7, 11) is 0. The third-order valence-electron chi connectivity index (χ3n) is 3.31. The summed E-state index contributed by atoms with van der Waals surface area (Å²) in [4.78, 5) is 11.1. The molecule has 20 heavy (non-hydrogen) atoms. The maximum Gasteiger partial charge on any atom is 0.346 e. The summed E-state index contributed by atoms with van der Waals surface area (Å²) in [5.41, 5.74) is 1.05. The molecule has 110 valence electrons. The van der Waals surface area contributed by atoms with E-state index in [4.69, 9.17) is 10.4 Å². The van der Waals surface area contributed by atoms with Crippen molar-refractivity contribution in [1.29, 1.82) is 5.26 Å². The van der Waals surface area contributed by atoms with Crippen molar-refractivity contribution < 1.29 is 14.5 Å². The first-order valence-corrected chi connectivity index (χ1v) is 7.33. The predicted molar refractivity (Wildman–Crippen MR) is 75.1 cm³/mol. The quantitative estimate of drug-likeness (QED) is 0.703. The Kier molecular flexibility index (Phi) is 6.78. The Morgan fingerprint density at radius 3 is 2.70 bits per heavy atom. The van der Waals surface area contributed by atoms with Crippen LogP contribution in [-0.2, 0) is 30.7 Å². The van der Waals surface area contributed by atoms with Gasteiger partial charge in [0.2, 0.25) is 0 Å². The zero-order valence-corrected chi connectivity index (χ0v) is 12.4. The number of aryl methyl sites for hydroxylation is 2. The van der Waals surface area contributed by atoms with Crippen LogP contribution in [0.1, 0.15) is 51.0 Å². The second kappa shape index (κ2) is 8.36. The number of carboxylic acids is 1. The fraction of sp³-hybridized carbons (Fsp3) is 0.667. The second-order valence-corrected chi connectivity index (χ2v) is 4.97. The van der Waals surface area contributed by atoms with E-state index in [-0.39, 0.29) is 6.54 Å². The van der Waals surface area contributed by atoms with Gasteiger partial charge in [-0.1, -0.05) is 20.3 Å². The molecular weight excluding hydrogens is 254 g/mol. The van der Waals surface area contributed by atoms with Crippen LogP contribution in [0, 0.1) is 11.3 Å². The number of hydrogen-bond donors (Lipinski definition) is 1. The van der Waals surface area contributed by atoms with Crippen LogP contribution in [0.15, 0.2) is 6.20 Å². The Balaban J connectivity index is 3.13. The van der Waals surface area contributed by atoms with Crippen LogP contribution < -0.4 is 4.57 Å². The van der Waals surface area contributed by atoms with Gasteiger partial charge in [-0.25, -0.2) is 13.9 Å². The van der Waals surface area contributed by atoms with Gasteiger partial charge in [-0.15, -0.1) is 0 Å². The predicted octanol–water partition coefficient (Wildman–Crippen LogP) is 2.07. The van der Waals surface area contributed by atoms with Crippen molar-refractivity contribution in [2.45, 2.75) is 65.5 Å². The molecule has 0 aliphatic heterocycles. The second-order valence-electron chi connectivity index (χ2n) is 4.97. The smallest absolute Gasteiger partial charge is 0.346 e. The minimum Gasteiger partial charge on any atom is -0.478 e. The number of nitrogens with zero attached hydrogens (tertiary/aromatic N) is 3. The van der Waals surface area contributed by atoms with Crippen molar-refractivity contribution in [2.24, 2.45) is 0 Å². The average molecular weight is 278 g/mol. The number of nitriles is 1. The highest BCUT2D eigenvalue weighted by Gasteiger charge is 2.23. The highest BCUT2D eigenvalue weighted by molar-refractivity contribution is 5.66. The van der Waals surface area contributed by atoms with E-state index in [0.29, 0.717) is 13.0 Å². The standard InChI is InChI=1S/C15H23N3O2/c1-3-5-8-14-17(10-6-9-16)11-13(7-4-2)18(14)12-15(19)20/h11H,3-8,10,12H2,1-2H3/p+1. The first-order valence-electron chi connectivity index (χ1n) is 7.33. The summed E-state index contributed by atoms with van der Waals surface area (Å²) < 4.78 is 3.98. The Hall–Kier alpha value is -1.83. The molecule has 0 radical (unpaired) electrons. The third-order valence-corrected chi connectivity index (χ3v) is 3.31. The summed E-state index contributed by atoms with van der Waals surface area (Å²) in [5.74, 6) is 0.219. The minimum atomic E-state index is -0.817. The van der Waals surface area contributed by atoms with E-state index in [1.807, 2.05) is 10.8 Å². The summed E-state index contributed by atoms with van der Waals surface area (Å²) in [5, 5.41) is 17.9. The van der Waals surface area contributed by atoms with Crippen molar-refractivity contribution in [3.63, 3.8) is 0 Å². The lowest BCUT2D eigenvalue weighted by atomic mass is 10.2. The summed E-state index contributed by atoms with van der Waals surface area (Å²) in [6, 6.07) is 2.15. The molecule has 5 heteroatoms. The molecule has 0 aliphatic rings. The molecule has 0 amide bonds. The van der Waals surface area contributed by atoms with Gasteiger partial charge in [-0.2, -0.15) is 5.26 Å². The summed E-state index contributed by atoms with van der Waals surface area (Å²) in [6.07, 6.45) is 7.28. The number of carbonyl (C=O) groups is 1. The van der Waals surface area contributed by atoms with E-state index >= 15 is 0 Å². The molecule has 1 aromatic heterocycles. The Labute approximate surface area is 120 Å². The molecule has 0 aliphatic carbocycles. The molecule has 5 nitrogen and oxygen atoms in total. The maximum atomic E-state index is 11.1. The van der Waals surface area contributed by atoms with Gasteiger partial charge in [-0.3, -0.25) is 0 Å². The Morgan fingerprint density at radius 1 is 1.40 bits per heavy atom. The number of unbranched alkanes of at least 4 members (excludes halogenated alkanes) is 1. The monoisotopic (exact) mass is 278 g/mol. The first-order chi connectivity index (χ1) is 9.63. The zero-order chi connectivity index (χ0) is 15.0. The van der Waals surface area contributed by atoms with E-state index in [1.165, 1.54) is 0 Å². The maximum absolute atomic E-state index is 11.1. The number of carboxylic acid groups (broad SMARTS) is 1. The molecule has 0 atom stereocenters. The van der Waals surface area contributed by atoms with E-state index in [0.717, 1.165) is 43.6 Å². The van der Waals surface area contributed by atoms with Crippen LogP contribution in [-0.4, -0.2) is 15.6 Å². The molecule has 0 fully saturated rings.